The fraction of sp³-hybridized carbons (Fsp3) is 0.500. The van der Waals surface area contributed by atoms with E-state index in [1.165, 1.54) is 0 Å². The lowest BCUT2D eigenvalue weighted by molar-refractivity contribution is 0.453. The first kappa shape index (κ1) is 8.26. The molecule has 5 heteroatoms. The van der Waals surface area contributed by atoms with Crippen molar-refractivity contribution in [2.75, 3.05) is 0 Å². The summed E-state index contributed by atoms with van der Waals surface area (Å²) in [5.41, 5.74) is 12.5. The van der Waals surface area contributed by atoms with E-state index in [9.17, 15) is 0 Å². The van der Waals surface area contributed by atoms with Crippen molar-refractivity contribution in [1.29, 1.82) is 0 Å². The monoisotopic (exact) mass is 172 g/mol. The second kappa shape index (κ2) is 2.65. The third-order valence-corrected chi connectivity index (χ3v) is 2.32. The molecule has 0 bridgehead atoms. The quantitative estimate of drug-likeness (QED) is 0.452. The molecule has 0 aromatic heterocycles. The van der Waals surface area contributed by atoms with E-state index in [-0.39, 0.29) is 6.17 Å². The van der Waals surface area contributed by atoms with Crippen molar-refractivity contribution in [2.45, 2.75) is 20.0 Å². The first-order valence-corrected chi connectivity index (χ1v) is 3.72. The third kappa shape index (κ3) is 1.28. The van der Waals surface area contributed by atoms with Gasteiger partial charge in [-0.25, -0.2) is 4.99 Å². The molecule has 0 aromatic rings. The summed E-state index contributed by atoms with van der Waals surface area (Å²) in [6, 6.07) is 0. The lowest BCUT2D eigenvalue weighted by atomic mass is 10.3. The van der Waals surface area contributed by atoms with Gasteiger partial charge in [-0.2, -0.15) is 0 Å². The van der Waals surface area contributed by atoms with Gasteiger partial charge in [0.1, 0.15) is 12.0 Å². The minimum atomic E-state index is -0.0365. The molecule has 4 nitrogen and oxygen atoms in total. The van der Waals surface area contributed by atoms with Gasteiger partial charge < -0.3 is 11.5 Å². The summed E-state index contributed by atoms with van der Waals surface area (Å²) in [6.45, 7) is 3.76. The zero-order chi connectivity index (χ0) is 8.59. The van der Waals surface area contributed by atoms with E-state index in [0.29, 0.717) is 11.5 Å². The van der Waals surface area contributed by atoms with Crippen molar-refractivity contribution in [2.24, 2.45) is 16.5 Å². The van der Waals surface area contributed by atoms with Gasteiger partial charge in [-0.15, -0.1) is 0 Å². The molecule has 1 heterocycles. The standard InChI is InChI=1S/C6H12N4S/c1-3-5(7)6(8)9-4(2)10(3)11/h4,11H,7H2,1-2H3,(H2,8,9). The maximum atomic E-state index is 5.61. The van der Waals surface area contributed by atoms with E-state index in [2.05, 4.69) is 17.8 Å². The molecule has 11 heavy (non-hydrogen) atoms. The Balaban J connectivity index is 3.02. The van der Waals surface area contributed by atoms with Crippen LogP contribution in [-0.4, -0.2) is 16.3 Å². The number of thiol groups is 1. The van der Waals surface area contributed by atoms with E-state index in [0.717, 1.165) is 5.70 Å². The van der Waals surface area contributed by atoms with Crippen LogP contribution in [0, 0.1) is 0 Å². The van der Waals surface area contributed by atoms with Crippen LogP contribution < -0.4 is 11.5 Å². The molecule has 1 aliphatic heterocycles. The zero-order valence-corrected chi connectivity index (χ0v) is 7.47. The molecule has 1 aliphatic rings. The molecule has 1 rings (SSSR count). The van der Waals surface area contributed by atoms with Gasteiger partial charge in [-0.3, -0.25) is 4.31 Å². The largest absolute Gasteiger partial charge is 0.394 e. The van der Waals surface area contributed by atoms with Crippen molar-refractivity contribution in [3.05, 3.63) is 11.4 Å². The van der Waals surface area contributed by atoms with Gasteiger partial charge >= 0.3 is 0 Å². The highest BCUT2D eigenvalue weighted by atomic mass is 32.1. The van der Waals surface area contributed by atoms with Crippen LogP contribution in [0.3, 0.4) is 0 Å². The summed E-state index contributed by atoms with van der Waals surface area (Å²) in [5.74, 6) is 0.403. The van der Waals surface area contributed by atoms with Crippen LogP contribution in [-0.2, 0) is 0 Å². The summed E-state index contributed by atoms with van der Waals surface area (Å²) >= 11 is 4.18. The van der Waals surface area contributed by atoms with Gasteiger partial charge in [0.15, 0.2) is 0 Å². The summed E-state index contributed by atoms with van der Waals surface area (Å²) in [4.78, 5) is 4.06. The van der Waals surface area contributed by atoms with Crippen molar-refractivity contribution in [3.63, 3.8) is 0 Å². The molecular formula is C6H12N4S. The highest BCUT2D eigenvalue weighted by Crippen LogP contribution is 2.18. The Hall–Kier alpha value is -0.840. The molecule has 0 saturated heterocycles. The lowest BCUT2D eigenvalue weighted by Crippen LogP contribution is -2.36. The van der Waals surface area contributed by atoms with E-state index >= 15 is 0 Å². The molecule has 0 saturated carbocycles. The van der Waals surface area contributed by atoms with E-state index in [4.69, 9.17) is 11.5 Å². The average Bonchev–Trinajstić information content (AvgIpc) is 1.97. The lowest BCUT2D eigenvalue weighted by Gasteiger charge is -2.28. The molecule has 4 N–H and O–H groups in total. The average molecular weight is 172 g/mol. The highest BCUT2D eigenvalue weighted by Gasteiger charge is 2.19. The predicted octanol–water partition coefficient (Wildman–Crippen LogP) is 0.0402. The maximum Gasteiger partial charge on any atom is 0.145 e. The van der Waals surface area contributed by atoms with Crippen LogP contribution in [0.4, 0.5) is 0 Å². The summed E-state index contributed by atoms with van der Waals surface area (Å²) in [5, 5.41) is 0. The van der Waals surface area contributed by atoms with Gasteiger partial charge in [0.2, 0.25) is 0 Å². The summed E-state index contributed by atoms with van der Waals surface area (Å²) < 4.78 is 1.69. The van der Waals surface area contributed by atoms with Crippen LogP contribution in [0.2, 0.25) is 0 Å². The molecule has 0 fully saturated rings. The number of nitrogens with zero attached hydrogens (tertiary/aromatic N) is 2. The Morgan fingerprint density at radius 1 is 1.55 bits per heavy atom. The normalized spacial score (nSPS) is 25.5. The van der Waals surface area contributed by atoms with Crippen LogP contribution >= 0.6 is 12.8 Å². The number of amidine groups is 1. The number of aliphatic imine (C=N–C) groups is 1. The SMILES string of the molecule is CC1=C(N)C(N)=NC(C)N1S. The van der Waals surface area contributed by atoms with Gasteiger partial charge in [-0.1, -0.05) is 12.8 Å². The Morgan fingerprint density at radius 2 is 2.09 bits per heavy atom. The maximum absolute atomic E-state index is 5.61. The second-order valence-electron chi connectivity index (χ2n) is 2.49. The molecule has 0 amide bonds. The fourth-order valence-electron chi connectivity index (χ4n) is 0.915. The highest BCUT2D eigenvalue weighted by molar-refractivity contribution is 7.77. The minimum absolute atomic E-state index is 0.0365. The van der Waals surface area contributed by atoms with Gasteiger partial charge in [0, 0.05) is 5.70 Å². The smallest absolute Gasteiger partial charge is 0.145 e. The molecule has 62 valence electrons. The third-order valence-electron chi connectivity index (χ3n) is 1.69. The number of hydrogen-bond donors (Lipinski definition) is 3. The first-order valence-electron chi connectivity index (χ1n) is 3.32. The Kier molecular flexibility index (Phi) is 1.99. The van der Waals surface area contributed by atoms with E-state index in [1.54, 1.807) is 4.31 Å². The van der Waals surface area contributed by atoms with Crippen molar-refractivity contribution in [1.82, 2.24) is 4.31 Å². The molecule has 0 radical (unpaired) electrons. The number of hydrogen-bond acceptors (Lipinski definition) is 5. The van der Waals surface area contributed by atoms with Crippen molar-refractivity contribution >= 4 is 18.7 Å². The fourth-order valence-corrected chi connectivity index (χ4v) is 1.07. The van der Waals surface area contributed by atoms with Crippen LogP contribution in [0.25, 0.3) is 0 Å². The summed E-state index contributed by atoms with van der Waals surface area (Å²) in [7, 11) is 0. The van der Waals surface area contributed by atoms with Gasteiger partial charge in [0.25, 0.3) is 0 Å². The summed E-state index contributed by atoms with van der Waals surface area (Å²) in [6.07, 6.45) is -0.0365. The molecule has 0 aromatic carbocycles. The number of allylic oxidation sites excluding steroid dienone is 1. The Morgan fingerprint density at radius 3 is 2.64 bits per heavy atom. The van der Waals surface area contributed by atoms with Crippen LogP contribution in [0.5, 0.6) is 0 Å². The zero-order valence-electron chi connectivity index (χ0n) is 6.57. The molecule has 1 atom stereocenters. The van der Waals surface area contributed by atoms with E-state index < -0.39 is 0 Å². The molecule has 1 unspecified atom stereocenters. The van der Waals surface area contributed by atoms with Crippen molar-refractivity contribution < 1.29 is 0 Å². The van der Waals surface area contributed by atoms with Gasteiger partial charge in [0.05, 0.1) is 5.70 Å². The van der Waals surface area contributed by atoms with Crippen LogP contribution in [0.1, 0.15) is 13.8 Å². The van der Waals surface area contributed by atoms with E-state index in [1.807, 2.05) is 13.8 Å². The Labute approximate surface area is 71.5 Å². The van der Waals surface area contributed by atoms with Gasteiger partial charge in [-0.05, 0) is 13.8 Å². The van der Waals surface area contributed by atoms with Crippen LogP contribution in [0.15, 0.2) is 16.4 Å². The first-order chi connectivity index (χ1) is 5.04. The molecule has 0 aliphatic carbocycles. The minimum Gasteiger partial charge on any atom is -0.394 e. The number of nitrogens with two attached hydrogens (primary N) is 2. The predicted molar refractivity (Wildman–Crippen MR) is 48.8 cm³/mol. The number of rotatable bonds is 0. The topological polar surface area (TPSA) is 67.6 Å². The Bertz CT molecular complexity index is 233. The molecular weight excluding hydrogens is 160 g/mol. The molecule has 0 spiro atoms. The van der Waals surface area contributed by atoms with Crippen molar-refractivity contribution in [3.8, 4) is 0 Å². The second-order valence-corrected chi connectivity index (χ2v) is 2.92.